The third kappa shape index (κ3) is 5.01. The number of amides is 1. The van der Waals surface area contributed by atoms with Gasteiger partial charge in [-0.2, -0.15) is 0 Å². The summed E-state index contributed by atoms with van der Waals surface area (Å²) in [5.74, 6) is -0.0508. The van der Waals surface area contributed by atoms with Crippen LogP contribution in [-0.4, -0.2) is 25.5 Å². The molecule has 0 saturated heterocycles. The van der Waals surface area contributed by atoms with Gasteiger partial charge < -0.3 is 15.5 Å². The van der Waals surface area contributed by atoms with Crippen LogP contribution >= 0.6 is 0 Å². The fraction of sp³-hybridized carbons (Fsp3) is 0.350. The Balaban J connectivity index is 1.85. The number of nitrogens with one attached hydrogen (secondary N) is 2. The summed E-state index contributed by atoms with van der Waals surface area (Å²) in [5.41, 5.74) is 4.24. The first kappa shape index (κ1) is 17.9. The van der Waals surface area contributed by atoms with E-state index >= 15 is 0 Å². The normalized spacial score (nSPS) is 10.3. The molecule has 0 fully saturated rings. The van der Waals surface area contributed by atoms with Crippen LogP contribution in [0.5, 0.6) is 0 Å². The number of nitrogens with zero attached hydrogens (tertiary/aromatic N) is 1. The molecule has 2 aromatic carbocycles. The lowest BCUT2D eigenvalue weighted by Gasteiger charge is -2.21. The van der Waals surface area contributed by atoms with Crippen LogP contribution in [0.2, 0.25) is 0 Å². The van der Waals surface area contributed by atoms with Gasteiger partial charge in [0, 0.05) is 30.2 Å². The van der Waals surface area contributed by atoms with E-state index in [1.54, 1.807) is 0 Å². The number of benzene rings is 2. The van der Waals surface area contributed by atoms with Gasteiger partial charge in [0.1, 0.15) is 0 Å². The summed E-state index contributed by atoms with van der Waals surface area (Å²) in [5, 5.41) is 6.06. The van der Waals surface area contributed by atoms with Crippen LogP contribution in [0, 0.1) is 0 Å². The second kappa shape index (κ2) is 8.96. The minimum atomic E-state index is -0.0508. The number of carbonyl (C=O) groups excluding carboxylic acids is 1. The molecule has 1 amide bonds. The van der Waals surface area contributed by atoms with Crippen molar-refractivity contribution >= 4 is 23.0 Å². The van der Waals surface area contributed by atoms with Gasteiger partial charge in [-0.3, -0.25) is 4.79 Å². The van der Waals surface area contributed by atoms with E-state index in [-0.39, 0.29) is 12.5 Å². The van der Waals surface area contributed by atoms with Gasteiger partial charge in [-0.15, -0.1) is 0 Å². The zero-order valence-corrected chi connectivity index (χ0v) is 14.8. The summed E-state index contributed by atoms with van der Waals surface area (Å²) in [6.45, 7) is 8.60. The predicted octanol–water partition coefficient (Wildman–Crippen LogP) is 4.15. The van der Waals surface area contributed by atoms with Crippen LogP contribution in [-0.2, 0) is 11.2 Å². The Morgan fingerprint density at radius 3 is 2.00 bits per heavy atom. The summed E-state index contributed by atoms with van der Waals surface area (Å²) in [4.78, 5) is 14.3. The Morgan fingerprint density at radius 1 is 0.875 bits per heavy atom. The van der Waals surface area contributed by atoms with E-state index < -0.39 is 0 Å². The molecule has 4 nitrogen and oxygen atoms in total. The van der Waals surface area contributed by atoms with Gasteiger partial charge in [-0.25, -0.2) is 0 Å². The topological polar surface area (TPSA) is 44.4 Å². The first-order valence-corrected chi connectivity index (χ1v) is 8.63. The van der Waals surface area contributed by atoms with E-state index in [0.29, 0.717) is 0 Å². The van der Waals surface area contributed by atoms with E-state index in [0.717, 1.165) is 30.9 Å². The lowest BCUT2D eigenvalue weighted by Crippen LogP contribution is -2.23. The molecule has 0 heterocycles. The van der Waals surface area contributed by atoms with Crippen molar-refractivity contribution in [3.63, 3.8) is 0 Å². The number of anilines is 3. The predicted molar refractivity (Wildman–Crippen MR) is 103 cm³/mol. The molecule has 4 heteroatoms. The quantitative estimate of drug-likeness (QED) is 0.766. The largest absolute Gasteiger partial charge is 0.376 e. The maximum Gasteiger partial charge on any atom is 0.243 e. The smallest absolute Gasteiger partial charge is 0.243 e. The Labute approximate surface area is 144 Å². The van der Waals surface area contributed by atoms with Crippen molar-refractivity contribution in [2.45, 2.75) is 27.2 Å². The molecule has 0 spiro atoms. The highest BCUT2D eigenvalue weighted by atomic mass is 16.1. The van der Waals surface area contributed by atoms with Crippen molar-refractivity contribution in [2.75, 3.05) is 35.2 Å². The van der Waals surface area contributed by atoms with Crippen molar-refractivity contribution in [1.82, 2.24) is 0 Å². The molecule has 0 aliphatic rings. The maximum atomic E-state index is 12.1. The van der Waals surface area contributed by atoms with E-state index in [2.05, 4.69) is 48.4 Å². The summed E-state index contributed by atoms with van der Waals surface area (Å²) < 4.78 is 0. The minimum absolute atomic E-state index is 0.0508. The molecule has 0 unspecified atom stereocenters. The molecule has 0 aliphatic heterocycles. The fourth-order valence-electron chi connectivity index (χ4n) is 2.59. The molecule has 0 bridgehead atoms. The van der Waals surface area contributed by atoms with Gasteiger partial charge in [0.2, 0.25) is 5.91 Å². The molecule has 0 aromatic heterocycles. The van der Waals surface area contributed by atoms with Gasteiger partial charge >= 0.3 is 0 Å². The molecular formula is C20H27N3O. The zero-order chi connectivity index (χ0) is 17.4. The minimum Gasteiger partial charge on any atom is -0.376 e. The van der Waals surface area contributed by atoms with Crippen molar-refractivity contribution in [2.24, 2.45) is 0 Å². The maximum absolute atomic E-state index is 12.1. The SMILES string of the molecule is CCc1ccc(NCC(=O)Nc2ccc(N(CC)CC)cc2)cc1. The summed E-state index contributed by atoms with van der Waals surface area (Å²) >= 11 is 0. The van der Waals surface area contributed by atoms with Crippen molar-refractivity contribution < 1.29 is 4.79 Å². The highest BCUT2D eigenvalue weighted by Gasteiger charge is 2.04. The molecule has 24 heavy (non-hydrogen) atoms. The van der Waals surface area contributed by atoms with Crippen LogP contribution in [0.1, 0.15) is 26.3 Å². The number of rotatable bonds is 8. The van der Waals surface area contributed by atoms with E-state index in [1.165, 1.54) is 11.3 Å². The van der Waals surface area contributed by atoms with E-state index in [4.69, 9.17) is 0 Å². The van der Waals surface area contributed by atoms with E-state index in [1.807, 2.05) is 36.4 Å². The second-order valence-corrected chi connectivity index (χ2v) is 5.67. The Morgan fingerprint density at radius 2 is 1.46 bits per heavy atom. The zero-order valence-electron chi connectivity index (χ0n) is 14.8. The highest BCUT2D eigenvalue weighted by Crippen LogP contribution is 2.17. The van der Waals surface area contributed by atoms with Crippen LogP contribution in [0.4, 0.5) is 17.1 Å². The fourth-order valence-corrected chi connectivity index (χ4v) is 2.59. The first-order chi connectivity index (χ1) is 11.7. The van der Waals surface area contributed by atoms with Crippen LogP contribution in [0.3, 0.4) is 0 Å². The Hall–Kier alpha value is -2.49. The van der Waals surface area contributed by atoms with Crippen molar-refractivity contribution in [3.05, 3.63) is 54.1 Å². The third-order valence-corrected chi connectivity index (χ3v) is 4.09. The van der Waals surface area contributed by atoms with Gasteiger partial charge in [0.25, 0.3) is 0 Å². The molecule has 0 aliphatic carbocycles. The number of aryl methyl sites for hydroxylation is 1. The van der Waals surface area contributed by atoms with Gasteiger partial charge in [-0.05, 0) is 62.2 Å². The van der Waals surface area contributed by atoms with Gasteiger partial charge in [0.15, 0.2) is 0 Å². The lowest BCUT2D eigenvalue weighted by atomic mass is 10.1. The molecule has 2 N–H and O–H groups in total. The molecule has 2 aromatic rings. The molecule has 128 valence electrons. The molecule has 0 atom stereocenters. The third-order valence-electron chi connectivity index (χ3n) is 4.09. The lowest BCUT2D eigenvalue weighted by molar-refractivity contribution is -0.114. The van der Waals surface area contributed by atoms with E-state index in [9.17, 15) is 4.79 Å². The summed E-state index contributed by atoms with van der Waals surface area (Å²) in [6.07, 6.45) is 1.02. The Kier molecular flexibility index (Phi) is 6.67. The van der Waals surface area contributed by atoms with Crippen LogP contribution < -0.4 is 15.5 Å². The second-order valence-electron chi connectivity index (χ2n) is 5.67. The summed E-state index contributed by atoms with van der Waals surface area (Å²) in [7, 11) is 0. The number of hydrogen-bond acceptors (Lipinski definition) is 3. The average molecular weight is 325 g/mol. The number of hydrogen-bond donors (Lipinski definition) is 2. The first-order valence-electron chi connectivity index (χ1n) is 8.63. The highest BCUT2D eigenvalue weighted by molar-refractivity contribution is 5.93. The molecular weight excluding hydrogens is 298 g/mol. The molecule has 2 rings (SSSR count). The monoisotopic (exact) mass is 325 g/mol. The standard InChI is InChI=1S/C20H27N3O/c1-4-16-7-9-17(10-8-16)21-15-20(24)22-18-11-13-19(14-12-18)23(5-2)6-3/h7-14,21H,4-6,15H2,1-3H3,(H,22,24). The molecule has 0 saturated carbocycles. The average Bonchev–Trinajstić information content (AvgIpc) is 2.63. The van der Waals surface area contributed by atoms with Crippen LogP contribution in [0.15, 0.2) is 48.5 Å². The van der Waals surface area contributed by atoms with Crippen molar-refractivity contribution in [3.8, 4) is 0 Å². The number of carbonyl (C=O) groups is 1. The molecule has 0 radical (unpaired) electrons. The van der Waals surface area contributed by atoms with Gasteiger partial charge in [0.05, 0.1) is 6.54 Å². The van der Waals surface area contributed by atoms with Gasteiger partial charge in [-0.1, -0.05) is 19.1 Å². The van der Waals surface area contributed by atoms with Crippen LogP contribution in [0.25, 0.3) is 0 Å². The summed E-state index contributed by atoms with van der Waals surface area (Å²) in [6, 6.07) is 16.1. The Bertz CT molecular complexity index is 631. The van der Waals surface area contributed by atoms with Crippen molar-refractivity contribution in [1.29, 1.82) is 0 Å².